The molecule has 0 unspecified atom stereocenters. The van der Waals surface area contributed by atoms with Gasteiger partial charge in [0.05, 0.1) is 0 Å². The maximum Gasteiger partial charge on any atom is 0.166 e. The molecule has 0 bridgehead atoms. The highest BCUT2D eigenvalue weighted by atomic mass is 127. The lowest BCUT2D eigenvalue weighted by atomic mass is 10.1. The average molecular weight is 334 g/mol. The normalized spacial score (nSPS) is 10.5. The lowest BCUT2D eigenvalue weighted by Crippen LogP contribution is -1.91. The summed E-state index contributed by atoms with van der Waals surface area (Å²) < 4.78 is 39.9. The summed E-state index contributed by atoms with van der Waals surface area (Å²) in [5, 5.41) is 0. The van der Waals surface area contributed by atoms with Gasteiger partial charge in [0.2, 0.25) is 0 Å². The maximum atomic E-state index is 13.5. The van der Waals surface area contributed by atoms with Crippen LogP contribution in [0.1, 0.15) is 0 Å². The fourth-order valence-corrected chi connectivity index (χ4v) is 2.19. The quantitative estimate of drug-likeness (QED) is 0.679. The van der Waals surface area contributed by atoms with Crippen LogP contribution in [0, 0.1) is 21.0 Å². The predicted octanol–water partition coefficient (Wildman–Crippen LogP) is 4.38. The van der Waals surface area contributed by atoms with Gasteiger partial charge in [0.15, 0.2) is 11.6 Å². The molecule has 0 N–H and O–H groups in total. The molecule has 0 aliphatic carbocycles. The number of halogens is 4. The summed E-state index contributed by atoms with van der Waals surface area (Å²) in [5.74, 6) is -2.21. The molecule has 2 aromatic carbocycles. The molecule has 2 rings (SSSR count). The van der Waals surface area contributed by atoms with Crippen molar-refractivity contribution in [1.29, 1.82) is 0 Å². The zero-order chi connectivity index (χ0) is 11.7. The zero-order valence-corrected chi connectivity index (χ0v) is 10.1. The summed E-state index contributed by atoms with van der Waals surface area (Å²) in [5.41, 5.74) is 0.628. The average Bonchev–Trinajstić information content (AvgIpc) is 2.23. The van der Waals surface area contributed by atoms with E-state index in [1.165, 1.54) is 30.3 Å². The van der Waals surface area contributed by atoms with E-state index < -0.39 is 17.5 Å². The van der Waals surface area contributed by atoms with Gasteiger partial charge in [-0.05, 0) is 46.4 Å². The third kappa shape index (κ3) is 2.07. The summed E-state index contributed by atoms with van der Waals surface area (Å²) in [4.78, 5) is 0. The van der Waals surface area contributed by atoms with Crippen LogP contribution < -0.4 is 0 Å². The van der Waals surface area contributed by atoms with E-state index >= 15 is 0 Å². The largest absolute Gasteiger partial charge is 0.207 e. The number of rotatable bonds is 1. The Bertz CT molecular complexity index is 538. The molecule has 4 heteroatoms. The van der Waals surface area contributed by atoms with Crippen molar-refractivity contribution in [3.8, 4) is 11.1 Å². The number of hydrogen-bond acceptors (Lipinski definition) is 0. The summed E-state index contributed by atoms with van der Waals surface area (Å²) in [6.07, 6.45) is 0. The van der Waals surface area contributed by atoms with Gasteiger partial charge in [-0.3, -0.25) is 0 Å². The van der Waals surface area contributed by atoms with Crippen molar-refractivity contribution in [1.82, 2.24) is 0 Å². The first-order valence-electron chi connectivity index (χ1n) is 4.49. The molecule has 2 aromatic rings. The van der Waals surface area contributed by atoms with Gasteiger partial charge >= 0.3 is 0 Å². The second-order valence-electron chi connectivity index (χ2n) is 3.23. The summed E-state index contributed by atoms with van der Waals surface area (Å²) in [6, 6.07) is 7.88. The molecule has 0 heterocycles. The first-order chi connectivity index (χ1) is 7.59. The van der Waals surface area contributed by atoms with E-state index in [0.29, 0.717) is 9.13 Å². The minimum Gasteiger partial charge on any atom is -0.207 e. The number of benzene rings is 2. The molecule has 0 saturated heterocycles. The molecular formula is C12H6F3I. The van der Waals surface area contributed by atoms with Gasteiger partial charge in [0.25, 0.3) is 0 Å². The highest BCUT2D eigenvalue weighted by Gasteiger charge is 2.12. The van der Waals surface area contributed by atoms with Crippen molar-refractivity contribution < 1.29 is 13.2 Å². The lowest BCUT2D eigenvalue weighted by molar-refractivity contribution is 0.511. The van der Waals surface area contributed by atoms with E-state index in [4.69, 9.17) is 0 Å². The van der Waals surface area contributed by atoms with E-state index in [9.17, 15) is 13.2 Å². The Morgan fingerprint density at radius 3 is 2.31 bits per heavy atom. The van der Waals surface area contributed by atoms with Crippen LogP contribution in [0.3, 0.4) is 0 Å². The highest BCUT2D eigenvalue weighted by molar-refractivity contribution is 14.1. The Balaban J connectivity index is 2.63. The lowest BCUT2D eigenvalue weighted by Gasteiger charge is -2.06. The van der Waals surface area contributed by atoms with Crippen molar-refractivity contribution in [3.05, 3.63) is 57.4 Å². The van der Waals surface area contributed by atoms with E-state index in [1.54, 1.807) is 0 Å². The van der Waals surface area contributed by atoms with Crippen molar-refractivity contribution in [2.24, 2.45) is 0 Å². The standard InChI is InChI=1S/C12H6F3I/c13-7-4-5-8(11(16)6-7)9-2-1-3-10(14)12(9)15/h1-6H. The Morgan fingerprint density at radius 2 is 1.62 bits per heavy atom. The molecule has 16 heavy (non-hydrogen) atoms. The second kappa shape index (κ2) is 4.45. The molecule has 0 aliphatic heterocycles. The molecular weight excluding hydrogens is 328 g/mol. The Labute approximate surface area is 104 Å². The van der Waals surface area contributed by atoms with Gasteiger partial charge in [-0.25, -0.2) is 13.2 Å². The van der Waals surface area contributed by atoms with Crippen LogP contribution in [0.2, 0.25) is 0 Å². The minimum atomic E-state index is -0.910. The maximum absolute atomic E-state index is 13.5. The van der Waals surface area contributed by atoms with Gasteiger partial charge in [-0.1, -0.05) is 18.2 Å². The molecule has 0 amide bonds. The minimum absolute atomic E-state index is 0.143. The van der Waals surface area contributed by atoms with Gasteiger partial charge in [-0.2, -0.15) is 0 Å². The van der Waals surface area contributed by atoms with Crippen LogP contribution in [-0.2, 0) is 0 Å². The Hall–Kier alpha value is -1.04. The predicted molar refractivity (Wildman–Crippen MR) is 64.5 cm³/mol. The second-order valence-corrected chi connectivity index (χ2v) is 4.39. The number of hydrogen-bond donors (Lipinski definition) is 0. The third-order valence-electron chi connectivity index (χ3n) is 2.17. The third-order valence-corrected chi connectivity index (χ3v) is 3.07. The molecule has 0 atom stereocenters. The molecule has 0 aliphatic rings. The molecule has 0 fully saturated rings. The Morgan fingerprint density at radius 1 is 0.875 bits per heavy atom. The topological polar surface area (TPSA) is 0 Å². The van der Waals surface area contributed by atoms with Crippen LogP contribution >= 0.6 is 22.6 Å². The molecule has 0 aromatic heterocycles. The van der Waals surface area contributed by atoms with E-state index in [0.717, 1.165) is 6.07 Å². The fraction of sp³-hybridized carbons (Fsp3) is 0. The summed E-state index contributed by atoms with van der Waals surface area (Å²) in [7, 11) is 0. The Kier molecular flexibility index (Phi) is 3.18. The van der Waals surface area contributed by atoms with Crippen molar-refractivity contribution in [2.75, 3.05) is 0 Å². The first-order valence-corrected chi connectivity index (χ1v) is 5.57. The van der Waals surface area contributed by atoms with E-state index in [-0.39, 0.29) is 5.56 Å². The van der Waals surface area contributed by atoms with Crippen LogP contribution in [0.4, 0.5) is 13.2 Å². The van der Waals surface area contributed by atoms with Crippen molar-refractivity contribution in [2.45, 2.75) is 0 Å². The molecule has 0 nitrogen and oxygen atoms in total. The smallest absolute Gasteiger partial charge is 0.166 e. The van der Waals surface area contributed by atoms with E-state index in [1.807, 2.05) is 22.6 Å². The summed E-state index contributed by atoms with van der Waals surface area (Å²) in [6.45, 7) is 0. The van der Waals surface area contributed by atoms with Crippen molar-refractivity contribution >= 4 is 22.6 Å². The van der Waals surface area contributed by atoms with Crippen LogP contribution in [0.25, 0.3) is 11.1 Å². The van der Waals surface area contributed by atoms with Crippen molar-refractivity contribution in [3.63, 3.8) is 0 Å². The van der Waals surface area contributed by atoms with E-state index in [2.05, 4.69) is 0 Å². The molecule has 0 saturated carbocycles. The van der Waals surface area contributed by atoms with Crippen LogP contribution in [-0.4, -0.2) is 0 Å². The van der Waals surface area contributed by atoms with Crippen LogP contribution in [0.5, 0.6) is 0 Å². The molecule has 0 radical (unpaired) electrons. The van der Waals surface area contributed by atoms with Gasteiger partial charge in [-0.15, -0.1) is 0 Å². The fourth-order valence-electron chi connectivity index (χ4n) is 1.42. The first kappa shape index (κ1) is 11.4. The van der Waals surface area contributed by atoms with Gasteiger partial charge in [0, 0.05) is 9.13 Å². The molecule has 0 spiro atoms. The molecule has 82 valence electrons. The van der Waals surface area contributed by atoms with Gasteiger partial charge < -0.3 is 0 Å². The monoisotopic (exact) mass is 334 g/mol. The van der Waals surface area contributed by atoms with Gasteiger partial charge in [0.1, 0.15) is 5.82 Å². The summed E-state index contributed by atoms with van der Waals surface area (Å²) >= 11 is 1.89. The zero-order valence-electron chi connectivity index (χ0n) is 7.98. The SMILES string of the molecule is Fc1ccc(-c2cccc(F)c2F)c(I)c1. The van der Waals surface area contributed by atoms with Crippen LogP contribution in [0.15, 0.2) is 36.4 Å². The highest BCUT2D eigenvalue weighted by Crippen LogP contribution is 2.29.